The van der Waals surface area contributed by atoms with Crippen molar-refractivity contribution in [2.75, 3.05) is 18.4 Å². The number of fused-ring (bicyclic) bond motifs is 1. The number of aromatic nitrogens is 2. The fourth-order valence-corrected chi connectivity index (χ4v) is 3.97. The number of rotatable bonds is 6. The predicted octanol–water partition coefficient (Wildman–Crippen LogP) is 4.90. The summed E-state index contributed by atoms with van der Waals surface area (Å²) in [5, 5.41) is 4.02. The Morgan fingerprint density at radius 2 is 1.68 bits per heavy atom. The molecule has 3 aromatic carbocycles. The molecule has 2 heterocycles. The van der Waals surface area contributed by atoms with Gasteiger partial charge in [0, 0.05) is 12.2 Å². The van der Waals surface area contributed by atoms with Crippen LogP contribution < -0.4 is 10.9 Å². The first kappa shape index (κ1) is 19.5. The molecule has 4 aromatic rings. The highest BCUT2D eigenvalue weighted by molar-refractivity contribution is 5.80. The van der Waals surface area contributed by atoms with Gasteiger partial charge in [-0.2, -0.15) is 0 Å². The summed E-state index contributed by atoms with van der Waals surface area (Å²) in [5.41, 5.74) is 4.76. The van der Waals surface area contributed by atoms with Gasteiger partial charge in [-0.25, -0.2) is 9.55 Å². The smallest absolute Gasteiger partial charge is 0.267 e. The Morgan fingerprint density at radius 3 is 2.35 bits per heavy atom. The standard InChI is InChI=1S/C26H26N4O/c1-2-19-11-14-24-23(17-19)25(31)30(22-7-4-3-5-8-22)26(28-24)27-21-12-9-20(10-13-21)18-29-15-6-16-29/h3-5,7-14,17H,2,6,15-16,18H2,1H3,(H,27,28). The molecule has 1 fully saturated rings. The summed E-state index contributed by atoms with van der Waals surface area (Å²) in [5.74, 6) is 0.517. The SMILES string of the molecule is CCc1ccc2nc(Nc3ccc(CN4CCC4)cc3)n(-c3ccccc3)c(=O)c2c1. The molecule has 31 heavy (non-hydrogen) atoms. The van der Waals surface area contributed by atoms with E-state index in [4.69, 9.17) is 4.98 Å². The second kappa shape index (κ2) is 8.36. The highest BCUT2D eigenvalue weighted by Crippen LogP contribution is 2.22. The van der Waals surface area contributed by atoms with Crippen molar-refractivity contribution >= 4 is 22.5 Å². The van der Waals surface area contributed by atoms with E-state index in [0.29, 0.717) is 16.9 Å². The van der Waals surface area contributed by atoms with Crippen LogP contribution in [-0.2, 0) is 13.0 Å². The minimum atomic E-state index is -0.0663. The van der Waals surface area contributed by atoms with Crippen molar-refractivity contribution in [1.29, 1.82) is 0 Å². The molecule has 0 saturated carbocycles. The first-order valence-electron chi connectivity index (χ1n) is 10.9. The molecule has 5 heteroatoms. The van der Waals surface area contributed by atoms with E-state index in [1.807, 2.05) is 48.5 Å². The molecule has 5 rings (SSSR count). The normalized spacial score (nSPS) is 13.8. The van der Waals surface area contributed by atoms with E-state index in [2.05, 4.69) is 41.4 Å². The number of hydrogen-bond acceptors (Lipinski definition) is 4. The van der Waals surface area contributed by atoms with E-state index in [-0.39, 0.29) is 5.56 Å². The third kappa shape index (κ3) is 3.97. The van der Waals surface area contributed by atoms with Gasteiger partial charge in [-0.1, -0.05) is 43.3 Å². The van der Waals surface area contributed by atoms with Crippen LogP contribution in [0.1, 0.15) is 24.5 Å². The number of para-hydroxylation sites is 1. The minimum Gasteiger partial charge on any atom is -0.325 e. The van der Waals surface area contributed by atoms with E-state index < -0.39 is 0 Å². The van der Waals surface area contributed by atoms with Crippen LogP contribution in [-0.4, -0.2) is 27.5 Å². The lowest BCUT2D eigenvalue weighted by Crippen LogP contribution is -2.36. The summed E-state index contributed by atoms with van der Waals surface area (Å²) >= 11 is 0. The van der Waals surface area contributed by atoms with E-state index in [1.54, 1.807) is 4.57 Å². The molecule has 0 aliphatic carbocycles. The van der Waals surface area contributed by atoms with Gasteiger partial charge in [-0.3, -0.25) is 9.69 Å². The molecule has 0 unspecified atom stereocenters. The third-order valence-electron chi connectivity index (χ3n) is 5.92. The van der Waals surface area contributed by atoms with Crippen molar-refractivity contribution in [3.8, 4) is 5.69 Å². The molecular formula is C26H26N4O. The average molecular weight is 411 g/mol. The summed E-state index contributed by atoms with van der Waals surface area (Å²) in [6.45, 7) is 5.45. The second-order valence-electron chi connectivity index (χ2n) is 8.07. The summed E-state index contributed by atoms with van der Waals surface area (Å²) in [7, 11) is 0. The predicted molar refractivity (Wildman–Crippen MR) is 126 cm³/mol. The molecule has 1 aromatic heterocycles. The monoisotopic (exact) mass is 410 g/mol. The quantitative estimate of drug-likeness (QED) is 0.491. The van der Waals surface area contributed by atoms with Gasteiger partial charge < -0.3 is 5.32 Å². The van der Waals surface area contributed by atoms with Gasteiger partial charge in [-0.15, -0.1) is 0 Å². The molecule has 0 atom stereocenters. The molecule has 0 spiro atoms. The Hall–Kier alpha value is -3.44. The number of hydrogen-bond donors (Lipinski definition) is 1. The fourth-order valence-electron chi connectivity index (χ4n) is 3.97. The van der Waals surface area contributed by atoms with Crippen LogP contribution >= 0.6 is 0 Å². The first-order valence-corrected chi connectivity index (χ1v) is 10.9. The molecule has 1 N–H and O–H groups in total. The molecular weight excluding hydrogens is 384 g/mol. The minimum absolute atomic E-state index is 0.0663. The maximum Gasteiger partial charge on any atom is 0.267 e. The highest BCUT2D eigenvalue weighted by atomic mass is 16.1. The van der Waals surface area contributed by atoms with Gasteiger partial charge in [0.2, 0.25) is 5.95 Å². The van der Waals surface area contributed by atoms with E-state index in [9.17, 15) is 4.79 Å². The van der Waals surface area contributed by atoms with Crippen molar-refractivity contribution in [2.45, 2.75) is 26.3 Å². The van der Waals surface area contributed by atoms with Gasteiger partial charge in [0.05, 0.1) is 16.6 Å². The lowest BCUT2D eigenvalue weighted by molar-refractivity contribution is 0.172. The zero-order valence-electron chi connectivity index (χ0n) is 17.7. The van der Waals surface area contributed by atoms with Crippen molar-refractivity contribution in [2.24, 2.45) is 0 Å². The number of anilines is 2. The maximum atomic E-state index is 13.5. The number of aryl methyl sites for hydroxylation is 1. The number of nitrogens with one attached hydrogen (secondary N) is 1. The van der Waals surface area contributed by atoms with Crippen molar-refractivity contribution in [1.82, 2.24) is 14.5 Å². The largest absolute Gasteiger partial charge is 0.325 e. The van der Waals surface area contributed by atoms with Crippen LogP contribution in [0.15, 0.2) is 77.6 Å². The van der Waals surface area contributed by atoms with Gasteiger partial charge in [0.1, 0.15) is 0 Å². The lowest BCUT2D eigenvalue weighted by Gasteiger charge is -2.30. The summed E-state index contributed by atoms with van der Waals surface area (Å²) in [4.78, 5) is 20.8. The highest BCUT2D eigenvalue weighted by Gasteiger charge is 2.15. The van der Waals surface area contributed by atoms with Gasteiger partial charge in [-0.05, 0) is 73.5 Å². The Bertz CT molecular complexity index is 1260. The summed E-state index contributed by atoms with van der Waals surface area (Å²) < 4.78 is 1.66. The maximum absolute atomic E-state index is 13.5. The molecule has 5 nitrogen and oxygen atoms in total. The Labute approximate surface area is 182 Å². The Morgan fingerprint density at radius 1 is 0.935 bits per heavy atom. The lowest BCUT2D eigenvalue weighted by atomic mass is 10.1. The third-order valence-corrected chi connectivity index (χ3v) is 5.92. The van der Waals surface area contributed by atoms with Crippen LogP contribution in [0.3, 0.4) is 0 Å². The molecule has 0 radical (unpaired) electrons. The van der Waals surface area contributed by atoms with Crippen molar-refractivity contribution < 1.29 is 0 Å². The zero-order chi connectivity index (χ0) is 21.2. The Balaban J connectivity index is 1.56. The topological polar surface area (TPSA) is 50.2 Å². The molecule has 1 aliphatic heterocycles. The fraction of sp³-hybridized carbons (Fsp3) is 0.231. The van der Waals surface area contributed by atoms with Gasteiger partial charge in [0.15, 0.2) is 0 Å². The number of likely N-dealkylation sites (tertiary alicyclic amines) is 1. The van der Waals surface area contributed by atoms with Crippen molar-refractivity contribution in [3.05, 3.63) is 94.3 Å². The van der Waals surface area contributed by atoms with E-state index in [1.165, 1.54) is 25.1 Å². The molecule has 156 valence electrons. The first-order chi connectivity index (χ1) is 15.2. The van der Waals surface area contributed by atoms with E-state index >= 15 is 0 Å². The van der Waals surface area contributed by atoms with Crippen LogP contribution in [0.4, 0.5) is 11.6 Å². The van der Waals surface area contributed by atoms with Crippen LogP contribution in [0.5, 0.6) is 0 Å². The van der Waals surface area contributed by atoms with Crippen LogP contribution in [0.25, 0.3) is 16.6 Å². The molecule has 1 saturated heterocycles. The number of nitrogens with zero attached hydrogens (tertiary/aromatic N) is 3. The van der Waals surface area contributed by atoms with Gasteiger partial charge >= 0.3 is 0 Å². The van der Waals surface area contributed by atoms with Gasteiger partial charge in [0.25, 0.3) is 5.56 Å². The van der Waals surface area contributed by atoms with Crippen LogP contribution in [0, 0.1) is 0 Å². The molecule has 0 amide bonds. The molecule has 1 aliphatic rings. The van der Waals surface area contributed by atoms with Crippen molar-refractivity contribution in [3.63, 3.8) is 0 Å². The second-order valence-corrected chi connectivity index (χ2v) is 8.07. The summed E-state index contributed by atoms with van der Waals surface area (Å²) in [6.07, 6.45) is 2.18. The number of benzene rings is 3. The van der Waals surface area contributed by atoms with Crippen LogP contribution in [0.2, 0.25) is 0 Å². The summed E-state index contributed by atoms with van der Waals surface area (Å²) in [6, 6.07) is 24.0. The zero-order valence-corrected chi connectivity index (χ0v) is 17.7. The van der Waals surface area contributed by atoms with E-state index in [0.717, 1.165) is 29.9 Å². The molecule has 0 bridgehead atoms. The Kier molecular flexibility index (Phi) is 5.26. The average Bonchev–Trinajstić information content (AvgIpc) is 2.78.